The van der Waals surface area contributed by atoms with E-state index >= 15 is 0 Å². The zero-order valence-corrected chi connectivity index (χ0v) is 13.2. The predicted molar refractivity (Wildman–Crippen MR) is 37.6 cm³/mol. The summed E-state index contributed by atoms with van der Waals surface area (Å²) in [6, 6.07) is 0. The van der Waals surface area contributed by atoms with E-state index in [9.17, 15) is 19.8 Å². The molecule has 70 valence electrons. The van der Waals surface area contributed by atoms with Gasteiger partial charge in [-0.05, 0) is 18.8 Å². The molecule has 1 atom stereocenters. The van der Waals surface area contributed by atoms with Gasteiger partial charge in [-0.25, -0.2) is 0 Å². The molecule has 0 aliphatic rings. The molecule has 0 rings (SSSR count). The fourth-order valence-electron chi connectivity index (χ4n) is 0.997. The molecule has 0 fully saturated rings. The van der Waals surface area contributed by atoms with Gasteiger partial charge in [0.05, 0.1) is 0 Å². The van der Waals surface area contributed by atoms with Crippen LogP contribution in [-0.2, 0) is 9.59 Å². The van der Waals surface area contributed by atoms with Crippen molar-refractivity contribution in [3.05, 3.63) is 0 Å². The molecule has 0 spiro atoms. The average Bonchev–Trinajstić information content (AvgIpc) is 1.84. The first-order chi connectivity index (χ1) is 5.45. The Morgan fingerprint density at radius 3 is 1.79 bits per heavy atom. The van der Waals surface area contributed by atoms with Crippen LogP contribution in [0.4, 0.5) is 0 Å². The fourth-order valence-corrected chi connectivity index (χ4v) is 0.997. The third-order valence-corrected chi connectivity index (χ3v) is 1.77. The Balaban J connectivity index is -0.000000605. The Bertz CT molecular complexity index is 182. The van der Waals surface area contributed by atoms with Crippen molar-refractivity contribution >= 4 is 11.9 Å². The Kier molecular flexibility index (Phi) is 15.2. The first-order valence-corrected chi connectivity index (χ1v) is 3.86. The molecule has 0 aromatic rings. The van der Waals surface area contributed by atoms with E-state index in [0.717, 1.165) is 0 Å². The molecule has 0 N–H and O–H groups in total. The van der Waals surface area contributed by atoms with E-state index in [1.54, 1.807) is 13.8 Å². The zero-order chi connectivity index (χ0) is 9.72. The van der Waals surface area contributed by atoms with Gasteiger partial charge >= 0.3 is 59.1 Å². The van der Waals surface area contributed by atoms with Gasteiger partial charge in [-0.1, -0.05) is 13.8 Å². The van der Waals surface area contributed by atoms with Gasteiger partial charge in [0.15, 0.2) is 0 Å². The summed E-state index contributed by atoms with van der Waals surface area (Å²) < 4.78 is 0. The number of hydrogen-bond acceptors (Lipinski definition) is 4. The van der Waals surface area contributed by atoms with E-state index in [1.807, 2.05) is 0 Å². The first kappa shape index (κ1) is 20.4. The van der Waals surface area contributed by atoms with Crippen molar-refractivity contribution in [2.45, 2.75) is 26.7 Å². The zero-order valence-electron chi connectivity index (χ0n) is 9.20. The van der Waals surface area contributed by atoms with Gasteiger partial charge in [-0.2, -0.15) is 0 Å². The summed E-state index contributed by atoms with van der Waals surface area (Å²) in [5, 5.41) is 20.5. The molecule has 4 nitrogen and oxygen atoms in total. The average molecular weight is 218 g/mol. The second kappa shape index (κ2) is 10.5. The number of carboxylic acid groups (broad SMARTS) is 2. The third-order valence-electron chi connectivity index (χ3n) is 1.77. The van der Waals surface area contributed by atoms with Crippen LogP contribution >= 0.6 is 0 Å². The molecular formula is C8H12Na2O4. The first-order valence-electron chi connectivity index (χ1n) is 3.86. The predicted octanol–water partition coefficient (Wildman–Crippen LogP) is -7.45. The molecule has 0 aromatic heterocycles. The summed E-state index contributed by atoms with van der Waals surface area (Å²) in [4.78, 5) is 20.5. The van der Waals surface area contributed by atoms with Gasteiger partial charge in [0.2, 0.25) is 0 Å². The summed E-state index contributed by atoms with van der Waals surface area (Å²) in [6.45, 7) is 3.44. The van der Waals surface area contributed by atoms with E-state index in [4.69, 9.17) is 0 Å². The van der Waals surface area contributed by atoms with Crippen molar-refractivity contribution in [3.63, 3.8) is 0 Å². The van der Waals surface area contributed by atoms with Gasteiger partial charge in [-0.3, -0.25) is 0 Å². The molecule has 6 heteroatoms. The van der Waals surface area contributed by atoms with Gasteiger partial charge < -0.3 is 19.8 Å². The molecule has 0 heterocycles. The molecule has 0 aliphatic heterocycles. The molecule has 0 amide bonds. The van der Waals surface area contributed by atoms with Crippen LogP contribution < -0.4 is 69.3 Å². The quantitative estimate of drug-likeness (QED) is 0.429. The Morgan fingerprint density at radius 1 is 1.14 bits per heavy atom. The van der Waals surface area contributed by atoms with Crippen molar-refractivity contribution < 1.29 is 78.9 Å². The maximum Gasteiger partial charge on any atom is 1.00 e. The second-order valence-corrected chi connectivity index (χ2v) is 3.08. The summed E-state index contributed by atoms with van der Waals surface area (Å²) >= 11 is 0. The number of aliphatic carboxylic acids is 2. The topological polar surface area (TPSA) is 80.3 Å². The van der Waals surface area contributed by atoms with E-state index in [1.165, 1.54) is 0 Å². The van der Waals surface area contributed by atoms with Gasteiger partial charge in [-0.15, -0.1) is 0 Å². The van der Waals surface area contributed by atoms with Gasteiger partial charge in [0, 0.05) is 17.9 Å². The van der Waals surface area contributed by atoms with E-state index in [-0.39, 0.29) is 77.9 Å². The summed E-state index contributed by atoms with van der Waals surface area (Å²) in [5.41, 5.74) is 0. The molecule has 0 aromatic carbocycles. The maximum atomic E-state index is 10.4. The molecule has 0 unspecified atom stereocenters. The van der Waals surface area contributed by atoms with Gasteiger partial charge in [0.1, 0.15) is 0 Å². The molecule has 0 saturated carbocycles. The number of carboxylic acids is 2. The van der Waals surface area contributed by atoms with Crippen LogP contribution in [0.15, 0.2) is 0 Å². The largest absolute Gasteiger partial charge is 1.00 e. The van der Waals surface area contributed by atoms with Crippen LogP contribution in [-0.4, -0.2) is 11.9 Å². The smallest absolute Gasteiger partial charge is 0.550 e. The van der Waals surface area contributed by atoms with Crippen molar-refractivity contribution in [1.29, 1.82) is 0 Å². The van der Waals surface area contributed by atoms with Crippen LogP contribution in [0.3, 0.4) is 0 Å². The minimum Gasteiger partial charge on any atom is -0.550 e. The SMILES string of the molecule is CC(C)[C@@H](CCC(=O)[O-])C(=O)[O-].[Na+].[Na+]. The van der Waals surface area contributed by atoms with E-state index in [2.05, 4.69) is 0 Å². The number of carbonyl (C=O) groups excluding carboxylic acids is 2. The molecule has 0 aliphatic carbocycles. The van der Waals surface area contributed by atoms with Crippen molar-refractivity contribution in [2.24, 2.45) is 11.8 Å². The van der Waals surface area contributed by atoms with Crippen molar-refractivity contribution in [2.75, 3.05) is 0 Å². The maximum absolute atomic E-state index is 10.4. The summed E-state index contributed by atoms with van der Waals surface area (Å²) in [7, 11) is 0. The molecule has 0 bridgehead atoms. The number of rotatable bonds is 5. The third kappa shape index (κ3) is 9.49. The molecular weight excluding hydrogens is 206 g/mol. The Morgan fingerprint density at radius 2 is 1.57 bits per heavy atom. The molecule has 0 saturated heterocycles. The second-order valence-electron chi connectivity index (χ2n) is 3.08. The van der Waals surface area contributed by atoms with Crippen molar-refractivity contribution in [3.8, 4) is 0 Å². The number of hydrogen-bond donors (Lipinski definition) is 0. The monoisotopic (exact) mass is 218 g/mol. The van der Waals surface area contributed by atoms with Crippen LogP contribution in [0, 0.1) is 11.8 Å². The van der Waals surface area contributed by atoms with Crippen LogP contribution in [0.2, 0.25) is 0 Å². The summed E-state index contributed by atoms with van der Waals surface area (Å²) in [5.74, 6) is -3.20. The van der Waals surface area contributed by atoms with Gasteiger partial charge in [0.25, 0.3) is 0 Å². The Hall–Kier alpha value is 0.940. The van der Waals surface area contributed by atoms with Crippen LogP contribution in [0.5, 0.6) is 0 Å². The van der Waals surface area contributed by atoms with Crippen LogP contribution in [0.1, 0.15) is 26.7 Å². The molecule has 14 heavy (non-hydrogen) atoms. The normalized spacial score (nSPS) is 11.1. The molecule has 0 radical (unpaired) electrons. The minimum atomic E-state index is -1.22. The Labute approximate surface area is 128 Å². The number of carbonyl (C=O) groups is 2. The fraction of sp³-hybridized carbons (Fsp3) is 0.750. The van der Waals surface area contributed by atoms with Crippen molar-refractivity contribution in [1.82, 2.24) is 0 Å². The summed E-state index contributed by atoms with van der Waals surface area (Å²) in [6.07, 6.45) is -0.140. The standard InChI is InChI=1S/C8H14O4.2Na/c1-5(2)6(8(11)12)3-4-7(9)10;;/h5-6H,3-4H2,1-2H3,(H,9,10)(H,11,12);;/q;2*+1/p-2/t6-;;/m1../s1. The van der Waals surface area contributed by atoms with E-state index in [0.29, 0.717) is 0 Å². The minimum absolute atomic E-state index is 0. The van der Waals surface area contributed by atoms with E-state index < -0.39 is 17.9 Å². The van der Waals surface area contributed by atoms with Crippen LogP contribution in [0.25, 0.3) is 0 Å².